The molecule has 2 N–H and O–H groups in total. The van der Waals surface area contributed by atoms with Crippen molar-refractivity contribution in [3.05, 3.63) is 28.2 Å². The molecule has 0 spiro atoms. The third-order valence-corrected chi connectivity index (χ3v) is 4.00. The quantitative estimate of drug-likeness (QED) is 0.870. The third kappa shape index (κ3) is 4.70. The van der Waals surface area contributed by atoms with Gasteiger partial charge in [-0.15, -0.1) is 11.8 Å². The van der Waals surface area contributed by atoms with E-state index in [0.29, 0.717) is 5.69 Å². The Bertz CT molecular complexity index is 465. The van der Waals surface area contributed by atoms with Crippen molar-refractivity contribution >= 4 is 45.3 Å². The molecule has 0 heterocycles. The molecule has 0 fully saturated rings. The molecule has 1 amide bonds. The molecule has 1 aromatic carbocycles. The van der Waals surface area contributed by atoms with E-state index in [9.17, 15) is 9.59 Å². The average Bonchev–Trinajstić information content (AvgIpc) is 2.29. The fraction of sp³-hybridized carbons (Fsp3) is 0.333. The summed E-state index contributed by atoms with van der Waals surface area (Å²) in [6.07, 6.45) is 0. The molecule has 0 radical (unpaired) electrons. The minimum Gasteiger partial charge on any atom is -0.480 e. The minimum atomic E-state index is -0.913. The fourth-order valence-electron chi connectivity index (χ4n) is 1.18. The van der Waals surface area contributed by atoms with E-state index in [1.807, 2.05) is 25.1 Å². The number of aliphatic carboxylic acids is 1. The van der Waals surface area contributed by atoms with E-state index in [4.69, 9.17) is 5.11 Å². The number of carbonyl (C=O) groups is 2. The lowest BCUT2D eigenvalue weighted by Gasteiger charge is -2.09. The van der Waals surface area contributed by atoms with Gasteiger partial charge < -0.3 is 10.4 Å². The average molecular weight is 332 g/mol. The van der Waals surface area contributed by atoms with Gasteiger partial charge in [-0.25, -0.2) is 0 Å². The summed E-state index contributed by atoms with van der Waals surface area (Å²) < 4.78 is 0.812. The molecule has 1 aromatic rings. The van der Waals surface area contributed by atoms with Crippen LogP contribution in [-0.4, -0.2) is 28.0 Å². The van der Waals surface area contributed by atoms with Crippen molar-refractivity contribution in [2.24, 2.45) is 0 Å². The molecule has 1 atom stereocenters. The van der Waals surface area contributed by atoms with Gasteiger partial charge in [0.1, 0.15) is 0 Å². The first-order chi connectivity index (χ1) is 8.40. The van der Waals surface area contributed by atoms with Crippen LogP contribution in [0.4, 0.5) is 5.69 Å². The van der Waals surface area contributed by atoms with Crippen molar-refractivity contribution in [1.82, 2.24) is 0 Å². The number of thioether (sulfide) groups is 1. The first-order valence-electron chi connectivity index (χ1n) is 5.30. The highest BCUT2D eigenvalue weighted by Crippen LogP contribution is 2.23. The Labute approximate surface area is 118 Å². The molecule has 0 aromatic heterocycles. The number of hydrogen-bond donors (Lipinski definition) is 2. The molecule has 0 aliphatic heterocycles. The number of carboxylic acid groups (broad SMARTS) is 1. The number of rotatable bonds is 5. The van der Waals surface area contributed by atoms with Gasteiger partial charge in [-0.1, -0.05) is 6.07 Å². The molecule has 1 rings (SSSR count). The monoisotopic (exact) mass is 331 g/mol. The van der Waals surface area contributed by atoms with Crippen LogP contribution in [0, 0.1) is 6.92 Å². The summed E-state index contributed by atoms with van der Waals surface area (Å²) in [5.74, 6) is -1.00. The van der Waals surface area contributed by atoms with Gasteiger partial charge in [0.15, 0.2) is 0 Å². The zero-order chi connectivity index (χ0) is 13.7. The van der Waals surface area contributed by atoms with Crippen LogP contribution in [0.5, 0.6) is 0 Å². The fourth-order valence-corrected chi connectivity index (χ4v) is 2.39. The smallest absolute Gasteiger partial charge is 0.316 e. The highest BCUT2D eigenvalue weighted by Gasteiger charge is 2.14. The lowest BCUT2D eigenvalue weighted by atomic mass is 10.2. The Morgan fingerprint density at radius 3 is 2.72 bits per heavy atom. The summed E-state index contributed by atoms with van der Waals surface area (Å²) in [5.41, 5.74) is 1.78. The zero-order valence-electron chi connectivity index (χ0n) is 10.1. The van der Waals surface area contributed by atoms with Crippen molar-refractivity contribution in [3.63, 3.8) is 0 Å². The summed E-state index contributed by atoms with van der Waals surface area (Å²) in [7, 11) is 0. The Morgan fingerprint density at radius 1 is 1.50 bits per heavy atom. The SMILES string of the molecule is Cc1ccc(NC(=O)CSC(C)C(=O)O)c(Br)c1. The Balaban J connectivity index is 2.52. The van der Waals surface area contributed by atoms with E-state index in [-0.39, 0.29) is 11.7 Å². The molecular weight excluding hydrogens is 318 g/mol. The summed E-state index contributed by atoms with van der Waals surface area (Å²) in [5, 5.41) is 10.8. The van der Waals surface area contributed by atoms with E-state index in [1.54, 1.807) is 6.92 Å². The summed E-state index contributed by atoms with van der Waals surface area (Å²) in [6.45, 7) is 3.52. The van der Waals surface area contributed by atoms with Crippen LogP contribution in [-0.2, 0) is 9.59 Å². The van der Waals surface area contributed by atoms with Gasteiger partial charge in [0.2, 0.25) is 5.91 Å². The predicted octanol–water partition coefficient (Wildman–Crippen LogP) is 2.90. The van der Waals surface area contributed by atoms with Crippen molar-refractivity contribution in [2.45, 2.75) is 19.1 Å². The van der Waals surface area contributed by atoms with Crippen LogP contribution in [0.15, 0.2) is 22.7 Å². The van der Waals surface area contributed by atoms with Crippen LogP contribution < -0.4 is 5.32 Å². The van der Waals surface area contributed by atoms with Crippen LogP contribution in [0.1, 0.15) is 12.5 Å². The molecule has 1 unspecified atom stereocenters. The van der Waals surface area contributed by atoms with E-state index < -0.39 is 11.2 Å². The Morgan fingerprint density at radius 2 is 2.17 bits per heavy atom. The number of carboxylic acids is 1. The second-order valence-electron chi connectivity index (χ2n) is 3.82. The second kappa shape index (κ2) is 6.80. The number of amides is 1. The predicted molar refractivity (Wildman–Crippen MR) is 77.1 cm³/mol. The Kier molecular flexibility index (Phi) is 5.68. The largest absolute Gasteiger partial charge is 0.480 e. The first-order valence-corrected chi connectivity index (χ1v) is 7.14. The standard InChI is InChI=1S/C12H14BrNO3S/c1-7-3-4-10(9(13)5-7)14-11(15)6-18-8(2)12(16)17/h3-5,8H,6H2,1-2H3,(H,14,15)(H,16,17). The number of aryl methyl sites for hydroxylation is 1. The van der Waals surface area contributed by atoms with Gasteiger partial charge in [-0.3, -0.25) is 9.59 Å². The molecule has 0 saturated heterocycles. The van der Waals surface area contributed by atoms with E-state index >= 15 is 0 Å². The molecule has 0 bridgehead atoms. The highest BCUT2D eigenvalue weighted by molar-refractivity contribution is 9.10. The molecular formula is C12H14BrNO3S. The van der Waals surface area contributed by atoms with Gasteiger partial charge in [-0.2, -0.15) is 0 Å². The normalized spacial score (nSPS) is 11.9. The minimum absolute atomic E-state index is 0.119. The van der Waals surface area contributed by atoms with Crippen molar-refractivity contribution < 1.29 is 14.7 Å². The number of nitrogens with one attached hydrogen (secondary N) is 1. The van der Waals surface area contributed by atoms with Crippen LogP contribution in [0.3, 0.4) is 0 Å². The maximum Gasteiger partial charge on any atom is 0.316 e. The summed E-state index contributed by atoms with van der Waals surface area (Å²) in [4.78, 5) is 22.2. The van der Waals surface area contributed by atoms with Gasteiger partial charge in [0.25, 0.3) is 0 Å². The van der Waals surface area contributed by atoms with Crippen molar-refractivity contribution in [1.29, 1.82) is 0 Å². The number of anilines is 1. The van der Waals surface area contributed by atoms with E-state index in [0.717, 1.165) is 21.8 Å². The summed E-state index contributed by atoms with van der Waals surface area (Å²) >= 11 is 4.46. The summed E-state index contributed by atoms with van der Waals surface area (Å²) in [6, 6.07) is 5.61. The maximum absolute atomic E-state index is 11.6. The number of hydrogen-bond acceptors (Lipinski definition) is 3. The van der Waals surface area contributed by atoms with Gasteiger partial charge in [0, 0.05) is 4.47 Å². The molecule has 18 heavy (non-hydrogen) atoms. The van der Waals surface area contributed by atoms with Crippen LogP contribution >= 0.6 is 27.7 Å². The van der Waals surface area contributed by atoms with E-state index in [2.05, 4.69) is 21.2 Å². The molecule has 0 saturated carbocycles. The van der Waals surface area contributed by atoms with Gasteiger partial charge in [0.05, 0.1) is 16.7 Å². The van der Waals surface area contributed by atoms with Crippen LogP contribution in [0.2, 0.25) is 0 Å². The zero-order valence-corrected chi connectivity index (χ0v) is 12.5. The second-order valence-corrected chi connectivity index (χ2v) is 6.01. The molecule has 98 valence electrons. The molecule has 6 heteroatoms. The number of benzene rings is 1. The molecule has 4 nitrogen and oxygen atoms in total. The molecule has 0 aliphatic carbocycles. The Hall–Kier alpha value is -1.01. The number of halogens is 1. The van der Waals surface area contributed by atoms with Crippen LogP contribution in [0.25, 0.3) is 0 Å². The molecule has 0 aliphatic rings. The van der Waals surface area contributed by atoms with Crippen molar-refractivity contribution in [3.8, 4) is 0 Å². The lowest BCUT2D eigenvalue weighted by molar-refractivity contribution is -0.136. The number of carbonyl (C=O) groups excluding carboxylic acids is 1. The van der Waals surface area contributed by atoms with Gasteiger partial charge in [-0.05, 0) is 47.5 Å². The highest BCUT2D eigenvalue weighted by atomic mass is 79.9. The first kappa shape index (κ1) is 15.0. The third-order valence-electron chi connectivity index (χ3n) is 2.21. The van der Waals surface area contributed by atoms with Crippen molar-refractivity contribution in [2.75, 3.05) is 11.1 Å². The van der Waals surface area contributed by atoms with E-state index in [1.165, 1.54) is 0 Å². The topological polar surface area (TPSA) is 66.4 Å². The lowest BCUT2D eigenvalue weighted by Crippen LogP contribution is -2.19. The van der Waals surface area contributed by atoms with Gasteiger partial charge >= 0.3 is 5.97 Å². The maximum atomic E-state index is 11.6.